The maximum absolute atomic E-state index is 13.5. The maximum atomic E-state index is 13.5. The summed E-state index contributed by atoms with van der Waals surface area (Å²) in [5, 5.41) is 0. The SMILES string of the molecule is CC(C)(C)c1cnc(F)c(C(C)(C)C)c1. The average molecular weight is 209 g/mol. The summed E-state index contributed by atoms with van der Waals surface area (Å²) in [7, 11) is 0. The van der Waals surface area contributed by atoms with Crippen LogP contribution >= 0.6 is 0 Å². The molecule has 0 aliphatic heterocycles. The molecule has 1 aromatic rings. The largest absolute Gasteiger partial charge is 0.228 e. The number of halogens is 1. The summed E-state index contributed by atoms with van der Waals surface area (Å²) < 4.78 is 13.5. The molecule has 0 fully saturated rings. The lowest BCUT2D eigenvalue weighted by Gasteiger charge is -2.24. The molecule has 0 saturated carbocycles. The Morgan fingerprint density at radius 2 is 1.53 bits per heavy atom. The van der Waals surface area contributed by atoms with E-state index in [0.717, 1.165) is 5.56 Å². The van der Waals surface area contributed by atoms with Crippen LogP contribution < -0.4 is 0 Å². The van der Waals surface area contributed by atoms with E-state index in [1.54, 1.807) is 6.20 Å². The smallest absolute Gasteiger partial charge is 0.216 e. The molecule has 2 heteroatoms. The topological polar surface area (TPSA) is 12.9 Å². The molecule has 0 aliphatic carbocycles. The van der Waals surface area contributed by atoms with E-state index >= 15 is 0 Å². The second-order valence-electron chi connectivity index (χ2n) is 6.06. The molecule has 0 radical (unpaired) electrons. The quantitative estimate of drug-likeness (QED) is 0.592. The summed E-state index contributed by atoms with van der Waals surface area (Å²) in [4.78, 5) is 3.85. The van der Waals surface area contributed by atoms with Crippen molar-refractivity contribution < 1.29 is 4.39 Å². The van der Waals surface area contributed by atoms with E-state index < -0.39 is 0 Å². The van der Waals surface area contributed by atoms with Gasteiger partial charge in [0.25, 0.3) is 0 Å². The molecule has 1 aromatic heterocycles. The van der Waals surface area contributed by atoms with Gasteiger partial charge < -0.3 is 0 Å². The third-order valence-electron chi connectivity index (χ3n) is 2.51. The van der Waals surface area contributed by atoms with Crippen LogP contribution in [0.15, 0.2) is 12.3 Å². The van der Waals surface area contributed by atoms with Gasteiger partial charge in [0.1, 0.15) is 0 Å². The van der Waals surface area contributed by atoms with Crippen molar-refractivity contribution in [3.8, 4) is 0 Å². The number of nitrogens with zero attached hydrogens (tertiary/aromatic N) is 1. The van der Waals surface area contributed by atoms with Crippen LogP contribution in [0, 0.1) is 5.95 Å². The molecule has 0 aromatic carbocycles. The molecule has 1 heterocycles. The highest BCUT2D eigenvalue weighted by molar-refractivity contribution is 5.29. The van der Waals surface area contributed by atoms with Crippen molar-refractivity contribution in [1.82, 2.24) is 4.98 Å². The predicted molar refractivity (Wildman–Crippen MR) is 61.6 cm³/mol. The minimum atomic E-state index is -0.351. The van der Waals surface area contributed by atoms with Gasteiger partial charge in [0.2, 0.25) is 5.95 Å². The summed E-state index contributed by atoms with van der Waals surface area (Å²) >= 11 is 0. The number of pyridine rings is 1. The van der Waals surface area contributed by atoms with Crippen molar-refractivity contribution in [2.24, 2.45) is 0 Å². The van der Waals surface area contributed by atoms with Crippen molar-refractivity contribution >= 4 is 0 Å². The highest BCUT2D eigenvalue weighted by atomic mass is 19.1. The van der Waals surface area contributed by atoms with E-state index in [9.17, 15) is 4.39 Å². The van der Waals surface area contributed by atoms with Gasteiger partial charge in [-0.1, -0.05) is 41.5 Å². The first-order chi connectivity index (χ1) is 6.62. The van der Waals surface area contributed by atoms with Crippen molar-refractivity contribution in [3.05, 3.63) is 29.3 Å². The lowest BCUT2D eigenvalue weighted by atomic mass is 9.82. The number of rotatable bonds is 0. The van der Waals surface area contributed by atoms with Crippen LogP contribution in [0.2, 0.25) is 0 Å². The van der Waals surface area contributed by atoms with Gasteiger partial charge in [-0.05, 0) is 22.5 Å². The predicted octanol–water partition coefficient (Wildman–Crippen LogP) is 3.82. The van der Waals surface area contributed by atoms with E-state index in [4.69, 9.17) is 0 Å². The Hall–Kier alpha value is -0.920. The van der Waals surface area contributed by atoms with Crippen LogP contribution in [0.5, 0.6) is 0 Å². The lowest BCUT2D eigenvalue weighted by molar-refractivity contribution is 0.490. The molecule has 0 spiro atoms. The van der Waals surface area contributed by atoms with Gasteiger partial charge >= 0.3 is 0 Å². The highest BCUT2D eigenvalue weighted by Crippen LogP contribution is 2.29. The summed E-state index contributed by atoms with van der Waals surface area (Å²) in [5.74, 6) is -0.351. The fourth-order valence-electron chi connectivity index (χ4n) is 1.38. The van der Waals surface area contributed by atoms with Gasteiger partial charge in [0.05, 0.1) is 0 Å². The first kappa shape index (κ1) is 12.2. The van der Waals surface area contributed by atoms with Crippen molar-refractivity contribution in [3.63, 3.8) is 0 Å². The van der Waals surface area contributed by atoms with E-state index in [2.05, 4.69) is 25.8 Å². The third kappa shape index (κ3) is 2.77. The van der Waals surface area contributed by atoms with Crippen LogP contribution in [-0.4, -0.2) is 4.98 Å². The van der Waals surface area contributed by atoms with Crippen LogP contribution in [0.1, 0.15) is 52.7 Å². The number of hydrogen-bond acceptors (Lipinski definition) is 1. The van der Waals surface area contributed by atoms with Gasteiger partial charge in [0.15, 0.2) is 0 Å². The molecule has 0 aliphatic rings. The van der Waals surface area contributed by atoms with E-state index in [-0.39, 0.29) is 16.8 Å². The van der Waals surface area contributed by atoms with Gasteiger partial charge in [-0.25, -0.2) is 4.98 Å². The minimum Gasteiger partial charge on any atom is -0.228 e. The molecule has 0 amide bonds. The molecule has 1 rings (SSSR count). The number of hydrogen-bond donors (Lipinski definition) is 0. The van der Waals surface area contributed by atoms with Crippen molar-refractivity contribution in [2.45, 2.75) is 52.4 Å². The molecule has 0 N–H and O–H groups in total. The maximum Gasteiger partial charge on any atom is 0.216 e. The van der Waals surface area contributed by atoms with Crippen LogP contribution in [0.3, 0.4) is 0 Å². The summed E-state index contributed by atoms with van der Waals surface area (Å²) in [6.45, 7) is 12.3. The lowest BCUT2D eigenvalue weighted by Crippen LogP contribution is -2.19. The molecule has 84 valence electrons. The fourth-order valence-corrected chi connectivity index (χ4v) is 1.38. The van der Waals surface area contributed by atoms with Crippen LogP contribution in [0.4, 0.5) is 4.39 Å². The highest BCUT2D eigenvalue weighted by Gasteiger charge is 2.23. The molecule has 0 saturated heterocycles. The van der Waals surface area contributed by atoms with Gasteiger partial charge in [0, 0.05) is 11.8 Å². The third-order valence-corrected chi connectivity index (χ3v) is 2.51. The van der Waals surface area contributed by atoms with E-state index in [1.807, 2.05) is 26.8 Å². The van der Waals surface area contributed by atoms with Crippen molar-refractivity contribution in [2.75, 3.05) is 0 Å². The second kappa shape index (κ2) is 3.58. The Morgan fingerprint density at radius 1 is 1.00 bits per heavy atom. The Kier molecular flexibility index (Phi) is 2.90. The Balaban J connectivity index is 3.30. The molecule has 0 bridgehead atoms. The second-order valence-corrected chi connectivity index (χ2v) is 6.06. The van der Waals surface area contributed by atoms with Gasteiger partial charge in [-0.3, -0.25) is 0 Å². The van der Waals surface area contributed by atoms with Crippen molar-refractivity contribution in [1.29, 1.82) is 0 Å². The molecular formula is C13H20FN. The zero-order valence-electron chi connectivity index (χ0n) is 10.5. The fraction of sp³-hybridized carbons (Fsp3) is 0.615. The first-order valence-electron chi connectivity index (χ1n) is 5.29. The first-order valence-corrected chi connectivity index (χ1v) is 5.29. The normalized spacial score (nSPS) is 13.0. The number of aromatic nitrogens is 1. The monoisotopic (exact) mass is 209 g/mol. The molecule has 1 nitrogen and oxygen atoms in total. The van der Waals surface area contributed by atoms with Crippen LogP contribution in [0.25, 0.3) is 0 Å². The summed E-state index contributed by atoms with van der Waals surface area (Å²) in [6.07, 6.45) is 1.63. The Labute approximate surface area is 91.7 Å². The Bertz CT molecular complexity index is 356. The zero-order chi connectivity index (χ0) is 11.9. The minimum absolute atomic E-state index is 0.0146. The molecular weight excluding hydrogens is 189 g/mol. The molecule has 15 heavy (non-hydrogen) atoms. The van der Waals surface area contributed by atoms with E-state index in [1.165, 1.54) is 0 Å². The molecule has 0 atom stereocenters. The summed E-state index contributed by atoms with van der Waals surface area (Å²) in [6, 6.07) is 1.93. The summed E-state index contributed by atoms with van der Waals surface area (Å²) in [5.41, 5.74) is 1.59. The molecule has 0 unspecified atom stereocenters. The standard InChI is InChI=1S/C13H20FN/c1-12(2,3)9-7-10(13(4,5)6)11(14)15-8-9/h7-8H,1-6H3. The van der Waals surface area contributed by atoms with Crippen LogP contribution in [-0.2, 0) is 10.8 Å². The Morgan fingerprint density at radius 3 is 1.93 bits per heavy atom. The average Bonchev–Trinajstić information content (AvgIpc) is 2.00. The van der Waals surface area contributed by atoms with E-state index in [0.29, 0.717) is 5.56 Å². The van der Waals surface area contributed by atoms with Gasteiger partial charge in [-0.15, -0.1) is 0 Å². The van der Waals surface area contributed by atoms with Gasteiger partial charge in [-0.2, -0.15) is 4.39 Å². The zero-order valence-corrected chi connectivity index (χ0v) is 10.5.